The number of carboxylic acids is 1. The van der Waals surface area contributed by atoms with Crippen molar-refractivity contribution in [3.8, 4) is 0 Å². The Morgan fingerprint density at radius 3 is 2.06 bits per heavy atom. The highest BCUT2D eigenvalue weighted by molar-refractivity contribution is 5.97. The standard InChI is InChI=1S/C13H23NO3/c1-13(2,3)10(12(16)17)11(15)14(4)9-7-5-6-8-9/h9-10H,5-8H2,1-4H3,(H,16,17). The molecule has 0 heterocycles. The van der Waals surface area contributed by atoms with Crippen LogP contribution in [0.4, 0.5) is 0 Å². The molecule has 1 saturated carbocycles. The Hall–Kier alpha value is -1.06. The van der Waals surface area contributed by atoms with Crippen LogP contribution in [0, 0.1) is 11.3 Å². The van der Waals surface area contributed by atoms with E-state index in [4.69, 9.17) is 0 Å². The molecule has 1 unspecified atom stereocenters. The smallest absolute Gasteiger partial charge is 0.316 e. The summed E-state index contributed by atoms with van der Waals surface area (Å²) < 4.78 is 0. The summed E-state index contributed by atoms with van der Waals surface area (Å²) in [4.78, 5) is 25.2. The van der Waals surface area contributed by atoms with E-state index in [0.29, 0.717) is 0 Å². The van der Waals surface area contributed by atoms with Crippen LogP contribution in [0.1, 0.15) is 46.5 Å². The van der Waals surface area contributed by atoms with E-state index in [1.807, 2.05) is 0 Å². The summed E-state index contributed by atoms with van der Waals surface area (Å²) >= 11 is 0. The topological polar surface area (TPSA) is 57.6 Å². The van der Waals surface area contributed by atoms with Gasteiger partial charge >= 0.3 is 5.97 Å². The molecule has 0 aromatic carbocycles. The number of carbonyl (C=O) groups excluding carboxylic acids is 1. The van der Waals surface area contributed by atoms with Gasteiger partial charge < -0.3 is 10.0 Å². The molecule has 1 N–H and O–H groups in total. The molecule has 1 fully saturated rings. The number of hydrogen-bond donors (Lipinski definition) is 1. The van der Waals surface area contributed by atoms with Crippen LogP contribution in [0.5, 0.6) is 0 Å². The first-order valence-corrected chi connectivity index (χ1v) is 6.24. The van der Waals surface area contributed by atoms with E-state index in [1.165, 1.54) is 0 Å². The van der Waals surface area contributed by atoms with E-state index < -0.39 is 17.3 Å². The summed E-state index contributed by atoms with van der Waals surface area (Å²) in [7, 11) is 1.74. The summed E-state index contributed by atoms with van der Waals surface area (Å²) in [6, 6.07) is 0.228. The van der Waals surface area contributed by atoms with E-state index in [9.17, 15) is 14.7 Å². The molecule has 0 bridgehead atoms. The zero-order chi connectivity index (χ0) is 13.2. The van der Waals surface area contributed by atoms with Crippen LogP contribution in [0.3, 0.4) is 0 Å². The second-order valence-corrected chi connectivity index (χ2v) is 6.02. The zero-order valence-corrected chi connectivity index (χ0v) is 11.2. The van der Waals surface area contributed by atoms with Crippen LogP contribution in [-0.4, -0.2) is 35.0 Å². The third-order valence-corrected chi connectivity index (χ3v) is 3.58. The van der Waals surface area contributed by atoms with Crippen LogP contribution in [0.2, 0.25) is 0 Å². The number of carboxylic acid groups (broad SMARTS) is 1. The van der Waals surface area contributed by atoms with Crippen molar-refractivity contribution < 1.29 is 14.7 Å². The molecule has 98 valence electrons. The molecule has 0 aromatic rings. The van der Waals surface area contributed by atoms with Crippen molar-refractivity contribution in [3.63, 3.8) is 0 Å². The van der Waals surface area contributed by atoms with E-state index in [-0.39, 0.29) is 11.9 Å². The largest absolute Gasteiger partial charge is 0.481 e. The van der Waals surface area contributed by atoms with Gasteiger partial charge in [0.05, 0.1) is 0 Å². The number of carbonyl (C=O) groups is 2. The van der Waals surface area contributed by atoms with Crippen molar-refractivity contribution in [2.24, 2.45) is 11.3 Å². The molecule has 17 heavy (non-hydrogen) atoms. The quantitative estimate of drug-likeness (QED) is 0.770. The van der Waals surface area contributed by atoms with Gasteiger partial charge in [-0.15, -0.1) is 0 Å². The SMILES string of the molecule is CN(C(=O)C(C(=O)O)C(C)(C)C)C1CCCC1. The molecule has 4 nitrogen and oxygen atoms in total. The van der Waals surface area contributed by atoms with Gasteiger partial charge in [0.15, 0.2) is 0 Å². The summed E-state index contributed by atoms with van der Waals surface area (Å²) in [5.41, 5.74) is -0.546. The van der Waals surface area contributed by atoms with Gasteiger partial charge in [-0.2, -0.15) is 0 Å². The number of aliphatic carboxylic acids is 1. The highest BCUT2D eigenvalue weighted by Crippen LogP contribution is 2.30. The second-order valence-electron chi connectivity index (χ2n) is 6.02. The molecule has 0 saturated heterocycles. The van der Waals surface area contributed by atoms with E-state index in [0.717, 1.165) is 25.7 Å². The lowest BCUT2D eigenvalue weighted by Crippen LogP contribution is -2.46. The summed E-state index contributed by atoms with van der Waals surface area (Å²) in [6.07, 6.45) is 4.27. The summed E-state index contributed by atoms with van der Waals surface area (Å²) in [6.45, 7) is 5.39. The van der Waals surface area contributed by atoms with Gasteiger partial charge in [0.2, 0.25) is 5.91 Å². The average molecular weight is 241 g/mol. The Morgan fingerprint density at radius 1 is 1.24 bits per heavy atom. The Balaban J connectivity index is 2.81. The first kappa shape index (κ1) is 14.0. The molecule has 1 atom stereocenters. The molecule has 0 aliphatic heterocycles. The Bertz CT molecular complexity index is 300. The second kappa shape index (κ2) is 5.07. The Labute approximate surface area is 103 Å². The highest BCUT2D eigenvalue weighted by atomic mass is 16.4. The minimum Gasteiger partial charge on any atom is -0.481 e. The first-order valence-electron chi connectivity index (χ1n) is 6.24. The molecule has 1 aliphatic rings. The molecule has 0 radical (unpaired) electrons. The molecule has 4 heteroatoms. The lowest BCUT2D eigenvalue weighted by Gasteiger charge is -2.32. The molecular weight excluding hydrogens is 218 g/mol. The van der Waals surface area contributed by atoms with Gasteiger partial charge in [-0.3, -0.25) is 9.59 Å². The summed E-state index contributed by atoms with van der Waals surface area (Å²) in [5.74, 6) is -2.22. The van der Waals surface area contributed by atoms with E-state index >= 15 is 0 Å². The van der Waals surface area contributed by atoms with E-state index in [1.54, 1.807) is 32.7 Å². The van der Waals surface area contributed by atoms with Crippen molar-refractivity contribution >= 4 is 11.9 Å². The van der Waals surface area contributed by atoms with Crippen LogP contribution >= 0.6 is 0 Å². The maximum Gasteiger partial charge on any atom is 0.316 e. The fourth-order valence-corrected chi connectivity index (χ4v) is 2.52. The minimum atomic E-state index is -1.02. The normalized spacial score (nSPS) is 19.1. The fourth-order valence-electron chi connectivity index (χ4n) is 2.52. The predicted molar refractivity (Wildman–Crippen MR) is 65.6 cm³/mol. The third-order valence-electron chi connectivity index (χ3n) is 3.58. The number of hydrogen-bond acceptors (Lipinski definition) is 2. The molecule has 1 amide bonds. The monoisotopic (exact) mass is 241 g/mol. The lowest BCUT2D eigenvalue weighted by molar-refractivity contribution is -0.156. The molecule has 1 aliphatic carbocycles. The van der Waals surface area contributed by atoms with Gasteiger partial charge in [0.25, 0.3) is 0 Å². The number of nitrogens with zero attached hydrogens (tertiary/aromatic N) is 1. The van der Waals surface area contributed by atoms with Crippen molar-refractivity contribution in [2.45, 2.75) is 52.5 Å². The number of rotatable bonds is 3. The Kier molecular flexibility index (Phi) is 4.17. The first-order chi connectivity index (χ1) is 7.75. The van der Waals surface area contributed by atoms with Crippen molar-refractivity contribution in [1.82, 2.24) is 4.90 Å². The van der Waals surface area contributed by atoms with Crippen LogP contribution in [0.25, 0.3) is 0 Å². The molecule has 0 spiro atoms. The average Bonchev–Trinajstić information content (AvgIpc) is 2.65. The molecular formula is C13H23NO3. The maximum absolute atomic E-state index is 12.3. The zero-order valence-electron chi connectivity index (χ0n) is 11.2. The maximum atomic E-state index is 12.3. The van der Waals surface area contributed by atoms with Crippen LogP contribution < -0.4 is 0 Å². The van der Waals surface area contributed by atoms with Gasteiger partial charge in [-0.05, 0) is 18.3 Å². The fraction of sp³-hybridized carbons (Fsp3) is 0.846. The van der Waals surface area contributed by atoms with E-state index in [2.05, 4.69) is 0 Å². The molecule has 0 aromatic heterocycles. The van der Waals surface area contributed by atoms with Gasteiger partial charge in [-0.1, -0.05) is 33.6 Å². The minimum absolute atomic E-state index is 0.228. The van der Waals surface area contributed by atoms with Crippen molar-refractivity contribution in [2.75, 3.05) is 7.05 Å². The Morgan fingerprint density at radius 2 is 1.71 bits per heavy atom. The summed E-state index contributed by atoms with van der Waals surface area (Å²) in [5, 5.41) is 9.22. The van der Waals surface area contributed by atoms with Crippen molar-refractivity contribution in [3.05, 3.63) is 0 Å². The predicted octanol–water partition coefficient (Wildman–Crippen LogP) is 2.13. The van der Waals surface area contributed by atoms with Crippen LogP contribution in [0.15, 0.2) is 0 Å². The lowest BCUT2D eigenvalue weighted by atomic mass is 9.79. The van der Waals surface area contributed by atoms with Crippen molar-refractivity contribution in [1.29, 1.82) is 0 Å². The molecule has 1 rings (SSSR count). The third kappa shape index (κ3) is 3.20. The van der Waals surface area contributed by atoms with Gasteiger partial charge in [-0.25, -0.2) is 0 Å². The van der Waals surface area contributed by atoms with Crippen LogP contribution in [-0.2, 0) is 9.59 Å². The highest BCUT2D eigenvalue weighted by Gasteiger charge is 2.40. The van der Waals surface area contributed by atoms with Gasteiger partial charge in [0, 0.05) is 13.1 Å². The number of amides is 1. The van der Waals surface area contributed by atoms with Gasteiger partial charge in [0.1, 0.15) is 5.92 Å².